The molecule has 4 heteroatoms. The summed E-state index contributed by atoms with van der Waals surface area (Å²) in [6.45, 7) is 1.60. The fraction of sp³-hybridized carbons (Fsp3) is 0.222. The molecule has 0 aromatic heterocycles. The maximum absolute atomic E-state index is 12.8. The molecule has 1 rings (SSSR count). The van der Waals surface area contributed by atoms with Crippen LogP contribution in [0.1, 0.15) is 17.3 Å². The van der Waals surface area contributed by atoms with Gasteiger partial charge in [-0.05, 0) is 41.1 Å². The Balaban J connectivity index is 3.04. The minimum Gasteiger partial charge on any atom is -0.321 e. The maximum atomic E-state index is 12.8. The molecule has 1 aromatic carbocycles. The van der Waals surface area contributed by atoms with Crippen molar-refractivity contribution in [3.8, 4) is 0 Å². The number of nitrogens with two attached hydrogens (primary N) is 1. The van der Waals surface area contributed by atoms with Gasteiger partial charge in [-0.3, -0.25) is 4.79 Å². The highest BCUT2D eigenvalue weighted by Crippen LogP contribution is 2.17. The Morgan fingerprint density at radius 3 is 2.69 bits per heavy atom. The third-order valence-corrected chi connectivity index (χ3v) is 2.23. The Kier molecular flexibility index (Phi) is 3.17. The number of hydrogen-bond donors (Lipinski definition) is 1. The van der Waals surface area contributed by atoms with Gasteiger partial charge in [-0.15, -0.1) is 0 Å². The van der Waals surface area contributed by atoms with E-state index in [1.807, 2.05) is 0 Å². The number of rotatable bonds is 2. The number of carbonyl (C=O) groups is 1. The third-order valence-electron chi connectivity index (χ3n) is 1.62. The molecule has 0 saturated heterocycles. The van der Waals surface area contributed by atoms with E-state index in [-0.39, 0.29) is 16.1 Å². The van der Waals surface area contributed by atoms with Crippen LogP contribution in [0.25, 0.3) is 0 Å². The van der Waals surface area contributed by atoms with Crippen LogP contribution in [-0.4, -0.2) is 11.8 Å². The Morgan fingerprint density at radius 1 is 1.62 bits per heavy atom. The van der Waals surface area contributed by atoms with Crippen molar-refractivity contribution in [3.05, 3.63) is 34.1 Å². The minimum atomic E-state index is -0.558. The molecule has 1 aromatic rings. The van der Waals surface area contributed by atoms with Gasteiger partial charge in [0.1, 0.15) is 5.82 Å². The molecule has 0 saturated carbocycles. The topological polar surface area (TPSA) is 43.1 Å². The summed E-state index contributed by atoms with van der Waals surface area (Å²) in [5, 5.41) is 0. The minimum absolute atomic E-state index is 0.194. The first-order chi connectivity index (χ1) is 6.02. The molecule has 0 heterocycles. The van der Waals surface area contributed by atoms with Crippen LogP contribution in [0.15, 0.2) is 22.7 Å². The molecule has 2 N–H and O–H groups in total. The van der Waals surface area contributed by atoms with Gasteiger partial charge < -0.3 is 5.73 Å². The molecule has 70 valence electrons. The summed E-state index contributed by atoms with van der Waals surface area (Å²) in [6, 6.07) is 3.53. The predicted octanol–water partition coefficient (Wildman–Crippen LogP) is 2.12. The molecule has 0 spiro atoms. The number of Topliss-reactive ketones (excluding diaryl/α,β-unsaturated/α-hetero) is 1. The van der Waals surface area contributed by atoms with E-state index in [4.69, 9.17) is 5.73 Å². The molecule has 0 radical (unpaired) electrons. The first-order valence-electron chi connectivity index (χ1n) is 3.77. The van der Waals surface area contributed by atoms with Gasteiger partial charge in [0, 0.05) is 5.56 Å². The first kappa shape index (κ1) is 10.3. The number of ketones is 1. The van der Waals surface area contributed by atoms with Gasteiger partial charge >= 0.3 is 0 Å². The standard InChI is InChI=1S/C9H9BrFNO/c1-5(12)9(13)6-2-3-8(11)7(10)4-6/h2-5H,12H2,1H3. The van der Waals surface area contributed by atoms with Crippen molar-refractivity contribution in [2.75, 3.05) is 0 Å². The summed E-state index contributed by atoms with van der Waals surface area (Å²) < 4.78 is 13.1. The monoisotopic (exact) mass is 245 g/mol. The average Bonchev–Trinajstić information content (AvgIpc) is 2.08. The van der Waals surface area contributed by atoms with Gasteiger partial charge in [-0.25, -0.2) is 4.39 Å². The van der Waals surface area contributed by atoms with E-state index in [1.165, 1.54) is 18.2 Å². The Labute approximate surface area is 84.1 Å². The highest BCUT2D eigenvalue weighted by molar-refractivity contribution is 9.10. The predicted molar refractivity (Wildman–Crippen MR) is 52.1 cm³/mol. The van der Waals surface area contributed by atoms with Gasteiger partial charge in [0.25, 0.3) is 0 Å². The second kappa shape index (κ2) is 3.98. The van der Waals surface area contributed by atoms with Gasteiger partial charge in [-0.1, -0.05) is 0 Å². The zero-order chi connectivity index (χ0) is 10.0. The molecule has 0 fully saturated rings. The maximum Gasteiger partial charge on any atom is 0.179 e. The molecule has 2 nitrogen and oxygen atoms in total. The van der Waals surface area contributed by atoms with Crippen molar-refractivity contribution in [1.82, 2.24) is 0 Å². The lowest BCUT2D eigenvalue weighted by Crippen LogP contribution is -2.26. The summed E-state index contributed by atoms with van der Waals surface area (Å²) in [6.07, 6.45) is 0. The fourth-order valence-electron chi connectivity index (χ4n) is 0.912. The van der Waals surface area contributed by atoms with Crippen molar-refractivity contribution in [3.63, 3.8) is 0 Å². The molecular weight excluding hydrogens is 237 g/mol. The highest BCUT2D eigenvalue weighted by Gasteiger charge is 2.11. The summed E-state index contributed by atoms with van der Waals surface area (Å²) in [5.41, 5.74) is 5.82. The Bertz CT molecular complexity index is 338. The molecule has 0 aliphatic rings. The van der Waals surface area contributed by atoms with Crippen molar-refractivity contribution in [1.29, 1.82) is 0 Å². The van der Waals surface area contributed by atoms with Crippen LogP contribution < -0.4 is 5.73 Å². The van der Waals surface area contributed by atoms with E-state index in [0.717, 1.165) is 0 Å². The Hall–Kier alpha value is -0.740. The smallest absolute Gasteiger partial charge is 0.179 e. The number of carbonyl (C=O) groups excluding carboxylic acids is 1. The second-order valence-electron chi connectivity index (χ2n) is 2.78. The van der Waals surface area contributed by atoms with Gasteiger partial charge in [0.05, 0.1) is 10.5 Å². The SMILES string of the molecule is CC(N)C(=O)c1ccc(F)c(Br)c1. The zero-order valence-electron chi connectivity index (χ0n) is 7.05. The Morgan fingerprint density at radius 2 is 2.23 bits per heavy atom. The van der Waals surface area contributed by atoms with Crippen LogP contribution in [0.5, 0.6) is 0 Å². The number of hydrogen-bond acceptors (Lipinski definition) is 2. The van der Waals surface area contributed by atoms with Crippen molar-refractivity contribution < 1.29 is 9.18 Å². The van der Waals surface area contributed by atoms with Gasteiger partial charge in [0.2, 0.25) is 0 Å². The molecule has 0 aliphatic heterocycles. The number of halogens is 2. The third kappa shape index (κ3) is 2.35. The van der Waals surface area contributed by atoms with E-state index in [2.05, 4.69) is 15.9 Å². The largest absolute Gasteiger partial charge is 0.321 e. The summed E-state index contributed by atoms with van der Waals surface area (Å²) in [7, 11) is 0. The zero-order valence-corrected chi connectivity index (χ0v) is 8.64. The first-order valence-corrected chi connectivity index (χ1v) is 4.56. The summed E-state index contributed by atoms with van der Waals surface area (Å²) >= 11 is 3.00. The fourth-order valence-corrected chi connectivity index (χ4v) is 1.29. The van der Waals surface area contributed by atoms with Crippen molar-refractivity contribution >= 4 is 21.7 Å². The van der Waals surface area contributed by atoms with E-state index < -0.39 is 6.04 Å². The van der Waals surface area contributed by atoms with Crippen LogP contribution in [0.2, 0.25) is 0 Å². The lowest BCUT2D eigenvalue weighted by atomic mass is 10.1. The average molecular weight is 246 g/mol. The van der Waals surface area contributed by atoms with E-state index in [9.17, 15) is 9.18 Å². The summed E-state index contributed by atoms with van der Waals surface area (Å²) in [5.74, 6) is -0.582. The van der Waals surface area contributed by atoms with E-state index in [1.54, 1.807) is 6.92 Å². The quantitative estimate of drug-likeness (QED) is 0.812. The van der Waals surface area contributed by atoms with Crippen LogP contribution in [0, 0.1) is 5.82 Å². The van der Waals surface area contributed by atoms with Crippen molar-refractivity contribution in [2.24, 2.45) is 5.73 Å². The van der Waals surface area contributed by atoms with Crippen LogP contribution in [0.4, 0.5) is 4.39 Å². The van der Waals surface area contributed by atoms with Gasteiger partial charge in [0.15, 0.2) is 5.78 Å². The molecule has 0 amide bonds. The van der Waals surface area contributed by atoms with Crippen LogP contribution in [-0.2, 0) is 0 Å². The lowest BCUT2D eigenvalue weighted by Gasteiger charge is -2.04. The highest BCUT2D eigenvalue weighted by atomic mass is 79.9. The van der Waals surface area contributed by atoms with E-state index >= 15 is 0 Å². The van der Waals surface area contributed by atoms with Crippen molar-refractivity contribution in [2.45, 2.75) is 13.0 Å². The molecule has 0 bridgehead atoms. The van der Waals surface area contributed by atoms with Crippen LogP contribution in [0.3, 0.4) is 0 Å². The molecule has 1 atom stereocenters. The van der Waals surface area contributed by atoms with Gasteiger partial charge in [-0.2, -0.15) is 0 Å². The molecule has 1 unspecified atom stereocenters. The molecule has 13 heavy (non-hydrogen) atoms. The normalized spacial score (nSPS) is 12.6. The summed E-state index contributed by atoms with van der Waals surface area (Å²) in [4.78, 5) is 11.3. The lowest BCUT2D eigenvalue weighted by molar-refractivity contribution is 0.0968. The van der Waals surface area contributed by atoms with E-state index in [0.29, 0.717) is 5.56 Å². The second-order valence-corrected chi connectivity index (χ2v) is 3.64. The number of benzene rings is 1. The molecular formula is C9H9BrFNO. The molecule has 0 aliphatic carbocycles. The van der Waals surface area contributed by atoms with Crippen LogP contribution >= 0.6 is 15.9 Å².